The molecule has 0 radical (unpaired) electrons. The van der Waals surface area contributed by atoms with Crippen LogP contribution in [0.2, 0.25) is 0 Å². The van der Waals surface area contributed by atoms with Crippen LogP contribution in [0.15, 0.2) is 58.5 Å². The van der Waals surface area contributed by atoms with Crippen molar-refractivity contribution in [3.05, 3.63) is 64.7 Å². The molecule has 1 aromatic heterocycles. The topological polar surface area (TPSA) is 55.2 Å². The van der Waals surface area contributed by atoms with Gasteiger partial charge in [-0.2, -0.15) is 0 Å². The molecule has 2 aromatic carbocycles. The van der Waals surface area contributed by atoms with Gasteiger partial charge in [0.15, 0.2) is 5.16 Å². The van der Waals surface area contributed by atoms with Crippen molar-refractivity contribution >= 4 is 28.6 Å². The lowest BCUT2D eigenvalue weighted by atomic mass is 10.2. The van der Waals surface area contributed by atoms with Crippen LogP contribution in [0.4, 0.5) is 4.39 Å². The highest BCUT2D eigenvalue weighted by Crippen LogP contribution is 2.23. The molecule has 3 aromatic rings. The number of thioether (sulfide) groups is 1. The zero-order valence-corrected chi connectivity index (χ0v) is 18.2. The van der Waals surface area contributed by atoms with E-state index >= 15 is 0 Å². The number of carbonyl (C=O) groups excluding carboxylic acids is 1. The second-order valence-electron chi connectivity index (χ2n) is 7.78. The average molecular weight is 440 g/mol. The van der Waals surface area contributed by atoms with Gasteiger partial charge in [-0.05, 0) is 62.1 Å². The third-order valence-corrected chi connectivity index (χ3v) is 6.58. The number of nitrogens with zero attached hydrogens (tertiary/aromatic N) is 3. The summed E-state index contributed by atoms with van der Waals surface area (Å²) >= 11 is 1.52. The summed E-state index contributed by atoms with van der Waals surface area (Å²) in [5, 5.41) is 1.14. The van der Waals surface area contributed by atoms with Crippen molar-refractivity contribution in [2.75, 3.05) is 18.8 Å². The maximum absolute atomic E-state index is 13.4. The highest BCUT2D eigenvalue weighted by Gasteiger charge is 2.17. The van der Waals surface area contributed by atoms with Crippen molar-refractivity contribution in [1.29, 1.82) is 0 Å². The molecule has 5 nitrogen and oxygen atoms in total. The molecule has 0 unspecified atom stereocenters. The van der Waals surface area contributed by atoms with E-state index in [1.807, 2.05) is 23.1 Å². The molecule has 1 aliphatic heterocycles. The molecule has 162 valence electrons. The van der Waals surface area contributed by atoms with Crippen LogP contribution in [-0.2, 0) is 4.79 Å². The van der Waals surface area contributed by atoms with Gasteiger partial charge in [-0.3, -0.25) is 14.2 Å². The molecule has 1 fully saturated rings. The Hall–Kier alpha value is -2.67. The Balaban J connectivity index is 1.43. The summed E-state index contributed by atoms with van der Waals surface area (Å²) in [6, 6.07) is 13.2. The molecule has 1 saturated heterocycles. The number of halogens is 1. The maximum atomic E-state index is 13.4. The zero-order chi connectivity index (χ0) is 21.6. The molecule has 7 heteroatoms. The lowest BCUT2D eigenvalue weighted by Gasteiger charge is -2.15. The van der Waals surface area contributed by atoms with E-state index in [9.17, 15) is 14.0 Å². The summed E-state index contributed by atoms with van der Waals surface area (Å²) < 4.78 is 15.0. The van der Waals surface area contributed by atoms with Crippen LogP contribution < -0.4 is 5.56 Å². The van der Waals surface area contributed by atoms with Gasteiger partial charge >= 0.3 is 0 Å². The van der Waals surface area contributed by atoms with Gasteiger partial charge < -0.3 is 4.90 Å². The summed E-state index contributed by atoms with van der Waals surface area (Å²) in [6.07, 6.45) is 5.63. The van der Waals surface area contributed by atoms with Crippen molar-refractivity contribution < 1.29 is 9.18 Å². The fourth-order valence-corrected chi connectivity index (χ4v) is 4.88. The first kappa shape index (κ1) is 21.6. The van der Waals surface area contributed by atoms with Gasteiger partial charge in [0.2, 0.25) is 5.91 Å². The molecule has 1 aliphatic rings. The van der Waals surface area contributed by atoms with Gasteiger partial charge in [-0.25, -0.2) is 9.37 Å². The van der Waals surface area contributed by atoms with Crippen LogP contribution in [0.25, 0.3) is 16.6 Å². The lowest BCUT2D eigenvalue weighted by molar-refractivity contribution is -0.130. The molecule has 0 aliphatic carbocycles. The van der Waals surface area contributed by atoms with Gasteiger partial charge in [0.05, 0.1) is 16.6 Å². The molecule has 0 spiro atoms. The number of amides is 1. The van der Waals surface area contributed by atoms with E-state index in [1.165, 1.54) is 23.9 Å². The summed E-state index contributed by atoms with van der Waals surface area (Å²) in [6.45, 7) is 1.81. The van der Waals surface area contributed by atoms with Crippen LogP contribution in [0.3, 0.4) is 0 Å². The van der Waals surface area contributed by atoms with E-state index in [4.69, 9.17) is 4.98 Å². The Kier molecular flexibility index (Phi) is 7.02. The SMILES string of the molecule is O=C(CCCCCSc1nc2ccccc2c(=O)n1-c1ccc(F)cc1)N1CCCC1. The van der Waals surface area contributed by atoms with Crippen molar-refractivity contribution in [2.45, 2.75) is 43.7 Å². The smallest absolute Gasteiger partial charge is 0.266 e. The number of rotatable bonds is 8. The fourth-order valence-electron chi connectivity index (χ4n) is 3.87. The second-order valence-corrected chi connectivity index (χ2v) is 8.84. The first-order chi connectivity index (χ1) is 15.1. The van der Waals surface area contributed by atoms with Crippen molar-refractivity contribution in [3.8, 4) is 5.69 Å². The monoisotopic (exact) mass is 439 g/mol. The third-order valence-electron chi connectivity index (χ3n) is 5.55. The number of para-hydroxylation sites is 1. The molecule has 2 heterocycles. The molecule has 0 bridgehead atoms. The summed E-state index contributed by atoms with van der Waals surface area (Å²) in [4.78, 5) is 31.9. The molecule has 1 amide bonds. The third kappa shape index (κ3) is 5.15. The number of fused-ring (bicyclic) bond motifs is 1. The van der Waals surface area contributed by atoms with E-state index in [0.29, 0.717) is 28.2 Å². The Morgan fingerprint density at radius 2 is 1.74 bits per heavy atom. The van der Waals surface area contributed by atoms with E-state index < -0.39 is 0 Å². The summed E-state index contributed by atoms with van der Waals surface area (Å²) in [5.74, 6) is 0.721. The van der Waals surface area contributed by atoms with Crippen LogP contribution in [0, 0.1) is 5.82 Å². The van der Waals surface area contributed by atoms with Crippen molar-refractivity contribution in [3.63, 3.8) is 0 Å². The first-order valence-electron chi connectivity index (χ1n) is 10.8. The van der Waals surface area contributed by atoms with Gasteiger partial charge in [0, 0.05) is 25.3 Å². The quantitative estimate of drug-likeness (QED) is 0.287. The van der Waals surface area contributed by atoms with E-state index in [2.05, 4.69) is 0 Å². The molecule has 31 heavy (non-hydrogen) atoms. The van der Waals surface area contributed by atoms with E-state index in [0.717, 1.165) is 50.9 Å². The highest BCUT2D eigenvalue weighted by molar-refractivity contribution is 7.99. The van der Waals surface area contributed by atoms with Crippen molar-refractivity contribution in [1.82, 2.24) is 14.5 Å². The van der Waals surface area contributed by atoms with Crippen LogP contribution in [-0.4, -0.2) is 39.2 Å². The number of likely N-dealkylation sites (tertiary alicyclic amines) is 1. The number of hydrogen-bond acceptors (Lipinski definition) is 4. The predicted molar refractivity (Wildman–Crippen MR) is 122 cm³/mol. The van der Waals surface area contributed by atoms with Gasteiger partial charge in [0.25, 0.3) is 5.56 Å². The normalized spacial score (nSPS) is 13.8. The average Bonchev–Trinajstić information content (AvgIpc) is 3.32. The minimum absolute atomic E-state index is 0.157. The highest BCUT2D eigenvalue weighted by atomic mass is 32.2. The zero-order valence-electron chi connectivity index (χ0n) is 17.4. The van der Waals surface area contributed by atoms with E-state index in [1.54, 1.807) is 22.8 Å². The number of carbonyl (C=O) groups is 1. The fraction of sp³-hybridized carbons (Fsp3) is 0.375. The molecule has 0 N–H and O–H groups in total. The molecule has 0 saturated carbocycles. The Labute approximate surface area is 185 Å². The van der Waals surface area contributed by atoms with Gasteiger partial charge in [-0.15, -0.1) is 0 Å². The predicted octanol–water partition coefficient (Wildman–Crippen LogP) is 4.80. The number of unbranched alkanes of at least 4 members (excludes halogenated alkanes) is 2. The Morgan fingerprint density at radius 1 is 1.00 bits per heavy atom. The minimum atomic E-state index is -0.344. The molecular formula is C24H26FN3O2S. The first-order valence-corrected chi connectivity index (χ1v) is 11.8. The van der Waals surface area contributed by atoms with Crippen molar-refractivity contribution in [2.24, 2.45) is 0 Å². The second kappa shape index (κ2) is 10.1. The molecular weight excluding hydrogens is 413 g/mol. The maximum Gasteiger partial charge on any atom is 0.266 e. The minimum Gasteiger partial charge on any atom is -0.343 e. The van der Waals surface area contributed by atoms with E-state index in [-0.39, 0.29) is 17.3 Å². The summed E-state index contributed by atoms with van der Waals surface area (Å²) in [5.41, 5.74) is 1.10. The van der Waals surface area contributed by atoms with Gasteiger partial charge in [-0.1, -0.05) is 30.3 Å². The Morgan fingerprint density at radius 3 is 2.52 bits per heavy atom. The lowest BCUT2D eigenvalue weighted by Crippen LogP contribution is -2.27. The summed E-state index contributed by atoms with van der Waals surface area (Å²) in [7, 11) is 0. The van der Waals surface area contributed by atoms with Gasteiger partial charge in [0.1, 0.15) is 5.82 Å². The van der Waals surface area contributed by atoms with Crippen LogP contribution >= 0.6 is 11.8 Å². The van der Waals surface area contributed by atoms with Crippen LogP contribution in [0.5, 0.6) is 0 Å². The largest absolute Gasteiger partial charge is 0.343 e. The number of hydrogen-bond donors (Lipinski definition) is 0. The Bertz CT molecular complexity index is 1110. The number of aromatic nitrogens is 2. The molecule has 0 atom stereocenters. The number of benzene rings is 2. The van der Waals surface area contributed by atoms with Crippen LogP contribution in [0.1, 0.15) is 38.5 Å². The standard InChI is InChI=1S/C24H26FN3O2S/c25-18-11-13-19(14-12-18)28-23(30)20-8-3-4-9-21(20)26-24(28)31-17-7-1-2-10-22(29)27-15-5-6-16-27/h3-4,8-9,11-14H,1-2,5-7,10,15-17H2. The molecule has 4 rings (SSSR count).